The van der Waals surface area contributed by atoms with Crippen molar-refractivity contribution in [1.82, 2.24) is 4.90 Å². The summed E-state index contributed by atoms with van der Waals surface area (Å²) in [6, 6.07) is 9.70. The second kappa shape index (κ2) is 5.28. The fourth-order valence-corrected chi connectivity index (χ4v) is 4.11. The van der Waals surface area contributed by atoms with Gasteiger partial charge in [0.1, 0.15) is 0 Å². The lowest BCUT2D eigenvalue weighted by molar-refractivity contribution is 0.0975. The average Bonchev–Trinajstić information content (AvgIpc) is 3.03. The van der Waals surface area contributed by atoms with Crippen molar-refractivity contribution < 1.29 is 0 Å². The smallest absolute Gasteiger partial charge is 0.0417 e. The maximum Gasteiger partial charge on any atom is 0.0417 e. The van der Waals surface area contributed by atoms with Crippen LogP contribution in [0, 0.1) is 5.92 Å². The van der Waals surface area contributed by atoms with Gasteiger partial charge in [-0.15, -0.1) is 0 Å². The van der Waals surface area contributed by atoms with Crippen LogP contribution in [0.1, 0.15) is 25.7 Å². The quantitative estimate of drug-likeness (QED) is 0.912. The van der Waals surface area contributed by atoms with Crippen molar-refractivity contribution >= 4 is 11.4 Å². The zero-order valence-corrected chi connectivity index (χ0v) is 12.2. The van der Waals surface area contributed by atoms with E-state index in [0.29, 0.717) is 6.04 Å². The van der Waals surface area contributed by atoms with Gasteiger partial charge in [0.2, 0.25) is 0 Å². The molecule has 0 radical (unpaired) electrons. The third-order valence-corrected chi connectivity index (χ3v) is 5.33. The molecule has 1 N–H and O–H groups in total. The number of hydrogen-bond acceptors (Lipinski definition) is 3. The van der Waals surface area contributed by atoms with E-state index in [9.17, 15) is 0 Å². The van der Waals surface area contributed by atoms with Gasteiger partial charge in [0.25, 0.3) is 0 Å². The number of rotatable bonds is 3. The first-order valence-electron chi connectivity index (χ1n) is 8.22. The van der Waals surface area contributed by atoms with E-state index in [4.69, 9.17) is 0 Å². The SMILES string of the molecule is c1cc(NC2CN3CCC2CC3)cc(N2CCCC2)c1. The molecule has 1 aromatic carbocycles. The molecule has 0 aromatic heterocycles. The van der Waals surface area contributed by atoms with E-state index < -0.39 is 0 Å². The lowest BCUT2D eigenvalue weighted by atomic mass is 9.84. The Kier molecular flexibility index (Phi) is 3.31. The van der Waals surface area contributed by atoms with Crippen LogP contribution >= 0.6 is 0 Å². The molecule has 0 spiro atoms. The molecule has 4 heterocycles. The van der Waals surface area contributed by atoms with Gasteiger partial charge >= 0.3 is 0 Å². The van der Waals surface area contributed by atoms with Crippen molar-refractivity contribution in [2.75, 3.05) is 42.9 Å². The highest BCUT2D eigenvalue weighted by Crippen LogP contribution is 2.31. The van der Waals surface area contributed by atoms with Crippen LogP contribution in [0.25, 0.3) is 0 Å². The van der Waals surface area contributed by atoms with Crippen LogP contribution in [0.5, 0.6) is 0 Å². The van der Waals surface area contributed by atoms with Crippen LogP contribution in [0.2, 0.25) is 0 Å². The molecule has 3 nitrogen and oxygen atoms in total. The summed E-state index contributed by atoms with van der Waals surface area (Å²) in [5.74, 6) is 0.885. The second-order valence-electron chi connectivity index (χ2n) is 6.63. The molecule has 4 fully saturated rings. The average molecular weight is 271 g/mol. The van der Waals surface area contributed by atoms with E-state index >= 15 is 0 Å². The summed E-state index contributed by atoms with van der Waals surface area (Å²) in [5.41, 5.74) is 2.71. The van der Waals surface area contributed by atoms with Crippen molar-refractivity contribution in [2.45, 2.75) is 31.7 Å². The van der Waals surface area contributed by atoms with Gasteiger partial charge in [-0.3, -0.25) is 0 Å². The standard InChI is InChI=1S/C17H25N3/c1-2-9-20(8-1)16-5-3-4-15(12-16)18-17-13-19-10-6-14(17)7-11-19/h3-5,12,14,17-18H,1-2,6-11,13H2. The van der Waals surface area contributed by atoms with Crippen molar-refractivity contribution in [1.29, 1.82) is 0 Å². The maximum absolute atomic E-state index is 3.81. The Morgan fingerprint density at radius 2 is 1.80 bits per heavy atom. The summed E-state index contributed by atoms with van der Waals surface area (Å²) >= 11 is 0. The first-order chi connectivity index (χ1) is 9.88. The molecule has 1 aromatic rings. The number of anilines is 2. The van der Waals surface area contributed by atoms with Crippen molar-refractivity contribution in [3.8, 4) is 0 Å². The molecule has 4 aliphatic rings. The number of hydrogen-bond donors (Lipinski definition) is 1. The molecule has 4 aliphatic heterocycles. The molecule has 0 saturated carbocycles. The van der Waals surface area contributed by atoms with Gasteiger partial charge in [0, 0.05) is 37.1 Å². The third kappa shape index (κ3) is 2.39. The predicted octanol–water partition coefficient (Wildman–Crippen LogP) is 2.79. The molecule has 1 unspecified atom stereocenters. The molecule has 3 heteroatoms. The van der Waals surface area contributed by atoms with Crippen molar-refractivity contribution in [3.63, 3.8) is 0 Å². The Hall–Kier alpha value is -1.22. The normalized spacial score (nSPS) is 32.6. The predicted molar refractivity (Wildman–Crippen MR) is 84.5 cm³/mol. The Morgan fingerprint density at radius 1 is 1.00 bits per heavy atom. The van der Waals surface area contributed by atoms with Gasteiger partial charge in [-0.25, -0.2) is 0 Å². The van der Waals surface area contributed by atoms with Gasteiger partial charge in [-0.05, 0) is 62.9 Å². The second-order valence-corrected chi connectivity index (χ2v) is 6.63. The molecule has 5 rings (SSSR count). The Morgan fingerprint density at radius 3 is 2.50 bits per heavy atom. The number of nitrogens with one attached hydrogen (secondary N) is 1. The first kappa shape index (κ1) is 12.5. The molecule has 0 amide bonds. The molecular weight excluding hydrogens is 246 g/mol. The molecule has 0 aliphatic carbocycles. The van der Waals surface area contributed by atoms with E-state index in [1.807, 2.05) is 0 Å². The molecular formula is C17H25N3. The van der Waals surface area contributed by atoms with Crippen LogP contribution in [0.4, 0.5) is 11.4 Å². The fourth-order valence-electron chi connectivity index (χ4n) is 4.11. The maximum atomic E-state index is 3.81. The lowest BCUT2D eigenvalue weighted by Gasteiger charge is -2.45. The summed E-state index contributed by atoms with van der Waals surface area (Å²) in [7, 11) is 0. The van der Waals surface area contributed by atoms with Gasteiger partial charge in [-0.1, -0.05) is 6.07 Å². The minimum atomic E-state index is 0.659. The lowest BCUT2D eigenvalue weighted by Crippen LogP contribution is -2.53. The summed E-state index contributed by atoms with van der Waals surface area (Å²) in [5, 5.41) is 3.81. The van der Waals surface area contributed by atoms with E-state index in [0.717, 1.165) is 5.92 Å². The van der Waals surface area contributed by atoms with E-state index in [-0.39, 0.29) is 0 Å². The zero-order valence-electron chi connectivity index (χ0n) is 12.2. The Balaban J connectivity index is 1.47. The highest BCUT2D eigenvalue weighted by atomic mass is 15.2. The van der Waals surface area contributed by atoms with E-state index in [1.54, 1.807) is 0 Å². The highest BCUT2D eigenvalue weighted by molar-refractivity contribution is 5.59. The monoisotopic (exact) mass is 271 g/mol. The molecule has 2 bridgehead atoms. The van der Waals surface area contributed by atoms with Crippen LogP contribution in [-0.2, 0) is 0 Å². The number of piperidine rings is 3. The summed E-state index contributed by atoms with van der Waals surface area (Å²) in [4.78, 5) is 5.13. The van der Waals surface area contributed by atoms with Gasteiger partial charge in [-0.2, -0.15) is 0 Å². The zero-order chi connectivity index (χ0) is 13.4. The summed E-state index contributed by atoms with van der Waals surface area (Å²) < 4.78 is 0. The Labute approximate surface area is 121 Å². The summed E-state index contributed by atoms with van der Waals surface area (Å²) in [6.45, 7) is 6.32. The number of nitrogens with zero attached hydrogens (tertiary/aromatic N) is 2. The number of benzene rings is 1. The van der Waals surface area contributed by atoms with Gasteiger partial charge in [0.05, 0.1) is 0 Å². The topological polar surface area (TPSA) is 18.5 Å². The molecule has 1 atom stereocenters. The van der Waals surface area contributed by atoms with Gasteiger partial charge < -0.3 is 15.1 Å². The van der Waals surface area contributed by atoms with Crippen LogP contribution in [0.3, 0.4) is 0 Å². The van der Waals surface area contributed by atoms with Crippen LogP contribution in [-0.4, -0.2) is 43.7 Å². The highest BCUT2D eigenvalue weighted by Gasteiger charge is 2.33. The minimum Gasteiger partial charge on any atom is -0.381 e. The third-order valence-electron chi connectivity index (χ3n) is 5.33. The summed E-state index contributed by atoms with van der Waals surface area (Å²) in [6.07, 6.45) is 5.45. The molecule has 108 valence electrons. The van der Waals surface area contributed by atoms with Crippen molar-refractivity contribution in [3.05, 3.63) is 24.3 Å². The molecule has 4 saturated heterocycles. The fraction of sp³-hybridized carbons (Fsp3) is 0.647. The van der Waals surface area contributed by atoms with E-state index in [2.05, 4.69) is 39.4 Å². The van der Waals surface area contributed by atoms with Crippen LogP contribution < -0.4 is 10.2 Å². The molecule has 20 heavy (non-hydrogen) atoms. The van der Waals surface area contributed by atoms with Crippen LogP contribution in [0.15, 0.2) is 24.3 Å². The first-order valence-corrected chi connectivity index (χ1v) is 8.22. The van der Waals surface area contributed by atoms with Gasteiger partial charge in [0.15, 0.2) is 0 Å². The van der Waals surface area contributed by atoms with E-state index in [1.165, 1.54) is 69.8 Å². The Bertz CT molecular complexity index is 459. The number of fused-ring (bicyclic) bond motifs is 3. The van der Waals surface area contributed by atoms with Crippen molar-refractivity contribution in [2.24, 2.45) is 5.92 Å². The minimum absolute atomic E-state index is 0.659. The largest absolute Gasteiger partial charge is 0.381 e.